The lowest BCUT2D eigenvalue weighted by molar-refractivity contribution is 0.665. The van der Waals surface area contributed by atoms with Gasteiger partial charge in [-0.2, -0.15) is 0 Å². The molecule has 0 spiro atoms. The molecule has 3 rings (SSSR count). The summed E-state index contributed by atoms with van der Waals surface area (Å²) in [5.74, 6) is 1.64. The number of anilines is 1. The van der Waals surface area contributed by atoms with E-state index in [1.165, 1.54) is 18.4 Å². The maximum Gasteiger partial charge on any atom is 0.161 e. The minimum absolute atomic E-state index is 0.601. The zero-order valence-electron chi connectivity index (χ0n) is 11.9. The van der Waals surface area contributed by atoms with Gasteiger partial charge in [0, 0.05) is 33.4 Å². The molecule has 1 N–H and O–H groups in total. The molecule has 0 amide bonds. The Morgan fingerprint density at radius 1 is 1.05 bits per heavy atom. The van der Waals surface area contributed by atoms with Gasteiger partial charge in [0.05, 0.1) is 0 Å². The van der Waals surface area contributed by atoms with Crippen molar-refractivity contribution in [2.75, 3.05) is 11.9 Å². The van der Waals surface area contributed by atoms with Gasteiger partial charge in [0.2, 0.25) is 0 Å². The van der Waals surface area contributed by atoms with Gasteiger partial charge in [-0.3, -0.25) is 0 Å². The van der Waals surface area contributed by atoms with Gasteiger partial charge in [-0.1, -0.05) is 23.2 Å². The highest BCUT2D eigenvalue weighted by molar-refractivity contribution is 6.35. The van der Waals surface area contributed by atoms with Crippen LogP contribution in [0.1, 0.15) is 31.0 Å². The van der Waals surface area contributed by atoms with Crippen molar-refractivity contribution in [2.45, 2.75) is 32.6 Å². The third-order valence-electron chi connectivity index (χ3n) is 3.65. The van der Waals surface area contributed by atoms with E-state index >= 15 is 0 Å². The highest BCUT2D eigenvalue weighted by Gasteiger charge is 2.18. The highest BCUT2D eigenvalue weighted by atomic mass is 35.5. The van der Waals surface area contributed by atoms with Crippen molar-refractivity contribution in [3.8, 4) is 11.4 Å². The van der Waals surface area contributed by atoms with Gasteiger partial charge in [0.1, 0.15) is 5.82 Å². The number of nitrogens with one attached hydrogen (secondary N) is 1. The molecule has 0 radical (unpaired) electrons. The van der Waals surface area contributed by atoms with Crippen molar-refractivity contribution in [1.82, 2.24) is 9.97 Å². The Morgan fingerprint density at radius 2 is 1.76 bits per heavy atom. The van der Waals surface area contributed by atoms with Gasteiger partial charge in [-0.15, -0.1) is 0 Å². The fourth-order valence-corrected chi connectivity index (χ4v) is 3.25. The molecule has 0 bridgehead atoms. The van der Waals surface area contributed by atoms with Crippen LogP contribution in [0.2, 0.25) is 10.0 Å². The molecule has 3 nitrogen and oxygen atoms in total. The lowest BCUT2D eigenvalue weighted by atomic mass is 9.96. The molecule has 21 heavy (non-hydrogen) atoms. The summed E-state index contributed by atoms with van der Waals surface area (Å²) in [6.07, 6.45) is 4.45. The number of hydrogen-bond acceptors (Lipinski definition) is 3. The molecule has 110 valence electrons. The van der Waals surface area contributed by atoms with Crippen molar-refractivity contribution in [3.63, 3.8) is 0 Å². The molecule has 0 saturated heterocycles. The van der Waals surface area contributed by atoms with Crippen LogP contribution in [0.5, 0.6) is 0 Å². The van der Waals surface area contributed by atoms with Crippen LogP contribution in [0.4, 0.5) is 5.82 Å². The molecular weight excluding hydrogens is 305 g/mol. The second-order valence-electron chi connectivity index (χ2n) is 5.22. The molecule has 0 saturated carbocycles. The molecule has 1 heterocycles. The maximum atomic E-state index is 6.09. The normalized spacial score (nSPS) is 13.9. The number of halogens is 2. The van der Waals surface area contributed by atoms with Crippen LogP contribution < -0.4 is 5.32 Å². The fraction of sp³-hybridized carbons (Fsp3) is 0.375. The fourth-order valence-electron chi connectivity index (χ4n) is 2.72. The summed E-state index contributed by atoms with van der Waals surface area (Å²) in [5.41, 5.74) is 3.28. The minimum Gasteiger partial charge on any atom is -0.370 e. The van der Waals surface area contributed by atoms with Crippen LogP contribution in [-0.2, 0) is 12.8 Å². The molecule has 1 aromatic carbocycles. The SMILES string of the molecule is CCNc1nc(-c2cc(Cl)cc(Cl)c2)nc2c1CCCC2. The average molecular weight is 322 g/mol. The summed E-state index contributed by atoms with van der Waals surface area (Å²) in [7, 11) is 0. The Bertz CT molecular complexity index is 651. The molecule has 1 aromatic heterocycles. The van der Waals surface area contributed by atoms with E-state index in [9.17, 15) is 0 Å². The summed E-state index contributed by atoms with van der Waals surface area (Å²) >= 11 is 12.2. The van der Waals surface area contributed by atoms with Crippen LogP contribution in [0.15, 0.2) is 18.2 Å². The third kappa shape index (κ3) is 3.14. The molecule has 0 aliphatic heterocycles. The smallest absolute Gasteiger partial charge is 0.161 e. The number of aromatic nitrogens is 2. The predicted octanol–water partition coefficient (Wildman–Crippen LogP) is 4.76. The highest BCUT2D eigenvalue weighted by Crippen LogP contribution is 2.30. The van der Waals surface area contributed by atoms with Crippen molar-refractivity contribution >= 4 is 29.0 Å². The summed E-state index contributed by atoms with van der Waals surface area (Å²) < 4.78 is 0. The Hall–Kier alpha value is -1.32. The van der Waals surface area contributed by atoms with Gasteiger partial charge >= 0.3 is 0 Å². The van der Waals surface area contributed by atoms with Crippen LogP contribution in [0.25, 0.3) is 11.4 Å². The predicted molar refractivity (Wildman–Crippen MR) is 88.3 cm³/mol. The van der Waals surface area contributed by atoms with Crippen molar-refractivity contribution in [3.05, 3.63) is 39.5 Å². The molecular formula is C16H17Cl2N3. The first kappa shape index (κ1) is 14.6. The Kier molecular flexibility index (Phi) is 4.32. The number of nitrogens with zero attached hydrogens (tertiary/aromatic N) is 2. The Balaban J connectivity index is 2.12. The first-order chi connectivity index (χ1) is 10.2. The molecule has 0 unspecified atom stereocenters. The van der Waals surface area contributed by atoms with E-state index < -0.39 is 0 Å². The standard InChI is InChI=1S/C16H17Cl2N3/c1-2-19-16-13-5-3-4-6-14(13)20-15(21-16)10-7-11(17)9-12(18)8-10/h7-9H,2-6H2,1H3,(H,19,20,21). The van der Waals surface area contributed by atoms with E-state index in [0.29, 0.717) is 15.9 Å². The first-order valence-corrected chi connectivity index (χ1v) is 8.03. The van der Waals surface area contributed by atoms with E-state index in [2.05, 4.69) is 17.2 Å². The van der Waals surface area contributed by atoms with Gasteiger partial charge in [-0.25, -0.2) is 9.97 Å². The first-order valence-electron chi connectivity index (χ1n) is 7.27. The number of aryl methyl sites for hydroxylation is 1. The van der Waals surface area contributed by atoms with Gasteiger partial charge < -0.3 is 5.32 Å². The molecule has 0 atom stereocenters. The lowest BCUT2D eigenvalue weighted by Crippen LogP contribution is -2.13. The summed E-state index contributed by atoms with van der Waals surface area (Å²) in [5, 5.41) is 4.56. The van der Waals surface area contributed by atoms with E-state index in [1.54, 1.807) is 6.07 Å². The molecule has 1 aliphatic carbocycles. The summed E-state index contributed by atoms with van der Waals surface area (Å²) in [6.45, 7) is 2.92. The van der Waals surface area contributed by atoms with Crippen LogP contribution >= 0.6 is 23.2 Å². The lowest BCUT2D eigenvalue weighted by Gasteiger charge is -2.19. The molecule has 5 heteroatoms. The maximum absolute atomic E-state index is 6.09. The zero-order valence-corrected chi connectivity index (χ0v) is 13.4. The number of fused-ring (bicyclic) bond motifs is 1. The number of hydrogen-bond donors (Lipinski definition) is 1. The zero-order chi connectivity index (χ0) is 14.8. The van der Waals surface area contributed by atoms with Crippen molar-refractivity contribution in [2.24, 2.45) is 0 Å². The molecule has 1 aliphatic rings. The Labute approximate surface area is 134 Å². The van der Waals surface area contributed by atoms with Gasteiger partial charge in [-0.05, 0) is 50.8 Å². The van der Waals surface area contributed by atoms with Gasteiger partial charge in [0.15, 0.2) is 5.82 Å². The second-order valence-corrected chi connectivity index (χ2v) is 6.09. The van der Waals surface area contributed by atoms with Crippen molar-refractivity contribution in [1.29, 1.82) is 0 Å². The van der Waals surface area contributed by atoms with E-state index in [-0.39, 0.29) is 0 Å². The number of benzene rings is 1. The third-order valence-corrected chi connectivity index (χ3v) is 4.08. The summed E-state index contributed by atoms with van der Waals surface area (Å²) in [4.78, 5) is 9.43. The second kappa shape index (κ2) is 6.20. The average Bonchev–Trinajstić information content (AvgIpc) is 2.46. The largest absolute Gasteiger partial charge is 0.370 e. The molecule has 0 fully saturated rings. The number of rotatable bonds is 3. The van der Waals surface area contributed by atoms with Crippen LogP contribution in [-0.4, -0.2) is 16.5 Å². The van der Waals surface area contributed by atoms with E-state index in [1.807, 2.05) is 12.1 Å². The van der Waals surface area contributed by atoms with E-state index in [0.717, 1.165) is 36.5 Å². The van der Waals surface area contributed by atoms with Gasteiger partial charge in [0.25, 0.3) is 0 Å². The van der Waals surface area contributed by atoms with Crippen LogP contribution in [0, 0.1) is 0 Å². The summed E-state index contributed by atoms with van der Waals surface area (Å²) in [6, 6.07) is 5.43. The quantitative estimate of drug-likeness (QED) is 0.885. The molecule has 2 aromatic rings. The Morgan fingerprint density at radius 3 is 2.48 bits per heavy atom. The topological polar surface area (TPSA) is 37.8 Å². The van der Waals surface area contributed by atoms with Crippen LogP contribution in [0.3, 0.4) is 0 Å². The monoisotopic (exact) mass is 321 g/mol. The minimum atomic E-state index is 0.601. The van der Waals surface area contributed by atoms with E-state index in [4.69, 9.17) is 28.2 Å². The van der Waals surface area contributed by atoms with Crippen molar-refractivity contribution < 1.29 is 0 Å².